The number of hydrogen-bond donors (Lipinski definition) is 0. The van der Waals surface area contributed by atoms with Crippen molar-refractivity contribution in [3.8, 4) is 0 Å². The van der Waals surface area contributed by atoms with Gasteiger partial charge in [0.2, 0.25) is 0 Å². The van der Waals surface area contributed by atoms with E-state index in [1.54, 1.807) is 34.6 Å². The Hall–Kier alpha value is -2.60. The van der Waals surface area contributed by atoms with Gasteiger partial charge in [0, 0.05) is 18.9 Å². The molecule has 38 heavy (non-hydrogen) atoms. The molecule has 3 heterocycles. The summed E-state index contributed by atoms with van der Waals surface area (Å²) in [6.07, 6.45) is -3.24. The van der Waals surface area contributed by atoms with Crippen molar-refractivity contribution in [3.63, 3.8) is 0 Å². The molecule has 208 valence electrons. The Morgan fingerprint density at radius 2 is 1.71 bits per heavy atom. The number of carbonyl (C=O) groups excluding carboxylic acids is 1. The maximum absolute atomic E-state index is 13.3. The van der Waals surface area contributed by atoms with Crippen molar-refractivity contribution in [2.45, 2.75) is 77.2 Å². The van der Waals surface area contributed by atoms with Gasteiger partial charge in [0.1, 0.15) is 23.9 Å². The summed E-state index contributed by atoms with van der Waals surface area (Å²) >= 11 is 0. The van der Waals surface area contributed by atoms with E-state index in [1.165, 1.54) is 12.9 Å². The molecule has 2 fully saturated rings. The third-order valence-electron chi connectivity index (χ3n) is 5.77. The highest BCUT2D eigenvalue weighted by Crippen LogP contribution is 2.48. The van der Waals surface area contributed by atoms with Crippen LogP contribution in [0.2, 0.25) is 0 Å². The highest BCUT2D eigenvalue weighted by atomic mass is 31.2. The summed E-state index contributed by atoms with van der Waals surface area (Å²) in [6, 6.07) is 10.3. The van der Waals surface area contributed by atoms with E-state index in [4.69, 9.17) is 28.0 Å². The van der Waals surface area contributed by atoms with Gasteiger partial charge in [0.15, 0.2) is 12.0 Å². The van der Waals surface area contributed by atoms with Gasteiger partial charge in [-0.25, -0.2) is 9.59 Å². The smallest absolute Gasteiger partial charge is 0.425 e. The highest BCUT2D eigenvalue weighted by Gasteiger charge is 2.56. The average molecular weight is 553 g/mol. The zero-order chi connectivity index (χ0) is 27.9. The molecule has 1 aromatic heterocycles. The van der Waals surface area contributed by atoms with Crippen LogP contribution in [-0.4, -0.2) is 58.2 Å². The molecule has 13 heteroatoms. The lowest BCUT2D eigenvalue weighted by Crippen LogP contribution is -2.47. The van der Waals surface area contributed by atoms with E-state index < -0.39 is 60.9 Å². The second kappa shape index (κ2) is 10.5. The van der Waals surface area contributed by atoms with Crippen molar-refractivity contribution in [3.05, 3.63) is 69.0 Å². The molecule has 2 aromatic rings. The van der Waals surface area contributed by atoms with Crippen LogP contribution in [0.3, 0.4) is 0 Å². The normalized spacial score (nSPS) is 26.1. The number of rotatable bonds is 7. The second-order valence-corrected chi connectivity index (χ2v) is 12.7. The molecule has 2 aliphatic heterocycles. The van der Waals surface area contributed by atoms with Gasteiger partial charge in [-0.3, -0.25) is 13.9 Å². The number of ether oxygens (including phenoxy) is 4. The molecule has 2 saturated heterocycles. The van der Waals surface area contributed by atoms with Gasteiger partial charge in [-0.05, 0) is 40.2 Å². The summed E-state index contributed by atoms with van der Waals surface area (Å²) in [7, 11) is -3.48. The molecule has 0 saturated carbocycles. The summed E-state index contributed by atoms with van der Waals surface area (Å²) in [5.74, 6) is -1.02. The highest BCUT2D eigenvalue weighted by molar-refractivity contribution is 7.52. The van der Waals surface area contributed by atoms with Crippen LogP contribution < -0.4 is 11.2 Å². The number of carbonyl (C=O) groups is 1. The van der Waals surface area contributed by atoms with E-state index in [2.05, 4.69) is 0 Å². The molecule has 12 nitrogen and oxygen atoms in total. The van der Waals surface area contributed by atoms with Crippen molar-refractivity contribution in [1.29, 1.82) is 0 Å². The van der Waals surface area contributed by atoms with Gasteiger partial charge >= 0.3 is 19.4 Å². The van der Waals surface area contributed by atoms with Crippen molar-refractivity contribution in [2.24, 2.45) is 0 Å². The quantitative estimate of drug-likeness (QED) is 0.471. The lowest BCUT2D eigenvalue weighted by atomic mass is 10.1. The summed E-state index contributed by atoms with van der Waals surface area (Å²) in [5, 5.41) is 0. The van der Waals surface area contributed by atoms with Crippen LogP contribution in [-0.2, 0) is 39.2 Å². The summed E-state index contributed by atoms with van der Waals surface area (Å²) < 4.78 is 48.8. The fraction of sp³-hybridized carbons (Fsp3) is 0.560. The lowest BCUT2D eigenvalue weighted by molar-refractivity contribution is -0.200. The van der Waals surface area contributed by atoms with Crippen molar-refractivity contribution >= 4 is 13.7 Å². The maximum atomic E-state index is 13.3. The zero-order valence-corrected chi connectivity index (χ0v) is 23.1. The minimum Gasteiger partial charge on any atom is -0.443 e. The standard InChI is InChI=1S/C25H33N2O10P/c1-24(2,3)37-23(30)27-18(28)12-13-26(22(27)29)21-20-19(35-25(4,5)36-20)17(34-21)15-33-38(6,31)32-14-16-10-8-7-9-11-16/h7-13,17,19-21H,14-15H2,1-6H3/t17-,19-,20-,21-,38?/m1/s1. The van der Waals surface area contributed by atoms with Crippen LogP contribution in [0.15, 0.2) is 52.2 Å². The Labute approximate surface area is 219 Å². The minimum atomic E-state index is -3.48. The second-order valence-electron chi connectivity index (χ2n) is 10.6. The summed E-state index contributed by atoms with van der Waals surface area (Å²) in [4.78, 5) is 38.3. The Bertz CT molecular complexity index is 1330. The number of aromatic nitrogens is 2. The van der Waals surface area contributed by atoms with E-state index >= 15 is 0 Å². The molecule has 0 radical (unpaired) electrons. The molecular weight excluding hydrogens is 519 g/mol. The van der Waals surface area contributed by atoms with Crippen molar-refractivity contribution < 1.29 is 37.4 Å². The van der Waals surface area contributed by atoms with E-state index in [1.807, 2.05) is 30.3 Å². The first-order valence-electron chi connectivity index (χ1n) is 12.1. The summed E-state index contributed by atoms with van der Waals surface area (Å²) in [5.41, 5.74) is -1.90. The Morgan fingerprint density at radius 3 is 2.37 bits per heavy atom. The Kier molecular flexibility index (Phi) is 7.86. The lowest BCUT2D eigenvalue weighted by Gasteiger charge is -2.26. The van der Waals surface area contributed by atoms with Crippen molar-refractivity contribution in [2.75, 3.05) is 13.3 Å². The molecule has 0 N–H and O–H groups in total. The van der Waals surface area contributed by atoms with Crippen LogP contribution in [0.5, 0.6) is 0 Å². The predicted octanol–water partition coefficient (Wildman–Crippen LogP) is 3.27. The monoisotopic (exact) mass is 552 g/mol. The van der Waals surface area contributed by atoms with Gasteiger partial charge in [0.05, 0.1) is 13.2 Å². The topological polar surface area (TPSA) is 134 Å². The fourth-order valence-electron chi connectivity index (χ4n) is 4.19. The molecular formula is C25H33N2O10P. The first kappa shape index (κ1) is 28.4. The molecule has 2 aliphatic rings. The first-order chi connectivity index (χ1) is 17.7. The first-order valence-corrected chi connectivity index (χ1v) is 14.1. The molecule has 1 aromatic carbocycles. The number of benzene rings is 1. The SMILES string of the molecule is CC(C)(C)OC(=O)n1c(=O)ccn([C@@H]2O[C@H](COP(C)(=O)OCc3ccccc3)[C@H]3OC(C)(C)O[C@H]32)c1=O. The van der Waals surface area contributed by atoms with Crippen LogP contribution in [0.25, 0.3) is 0 Å². The van der Waals surface area contributed by atoms with Crippen molar-refractivity contribution in [1.82, 2.24) is 9.13 Å². The van der Waals surface area contributed by atoms with E-state index in [9.17, 15) is 18.9 Å². The van der Waals surface area contributed by atoms with Crippen LogP contribution in [0.1, 0.15) is 46.4 Å². The van der Waals surface area contributed by atoms with E-state index in [-0.39, 0.29) is 13.2 Å². The number of fused-ring (bicyclic) bond motifs is 1. The van der Waals surface area contributed by atoms with E-state index in [0.717, 1.165) is 16.2 Å². The maximum Gasteiger partial charge on any atom is 0.425 e. The minimum absolute atomic E-state index is 0.100. The van der Waals surface area contributed by atoms with Crippen LogP contribution >= 0.6 is 7.60 Å². The van der Waals surface area contributed by atoms with Gasteiger partial charge < -0.3 is 28.0 Å². The van der Waals surface area contributed by atoms with Gasteiger partial charge in [-0.15, -0.1) is 0 Å². The molecule has 4 rings (SSSR count). The molecule has 0 aliphatic carbocycles. The molecule has 0 amide bonds. The average Bonchev–Trinajstić information content (AvgIpc) is 3.29. The largest absolute Gasteiger partial charge is 0.443 e. The predicted molar refractivity (Wildman–Crippen MR) is 135 cm³/mol. The zero-order valence-electron chi connectivity index (χ0n) is 22.2. The Morgan fingerprint density at radius 1 is 1.05 bits per heavy atom. The molecule has 5 atom stereocenters. The van der Waals surface area contributed by atoms with Crippen LogP contribution in [0.4, 0.5) is 4.79 Å². The fourth-order valence-corrected chi connectivity index (χ4v) is 5.07. The third-order valence-corrected chi connectivity index (χ3v) is 6.98. The molecule has 0 bridgehead atoms. The summed E-state index contributed by atoms with van der Waals surface area (Å²) in [6.45, 7) is 9.55. The van der Waals surface area contributed by atoms with E-state index in [0.29, 0.717) is 4.57 Å². The number of nitrogens with zero attached hydrogens (tertiary/aromatic N) is 2. The van der Waals surface area contributed by atoms with Gasteiger partial charge in [-0.2, -0.15) is 4.57 Å². The van der Waals surface area contributed by atoms with Gasteiger partial charge in [-0.1, -0.05) is 30.3 Å². The van der Waals surface area contributed by atoms with Gasteiger partial charge in [0.25, 0.3) is 5.56 Å². The third kappa shape index (κ3) is 6.51. The Balaban J connectivity index is 1.54. The van der Waals surface area contributed by atoms with Crippen LogP contribution in [0, 0.1) is 0 Å². The molecule has 0 spiro atoms. The number of hydrogen-bond acceptors (Lipinski definition) is 10. The molecule has 1 unspecified atom stereocenters.